The summed E-state index contributed by atoms with van der Waals surface area (Å²) in [6, 6.07) is 6.57. The molecule has 2 rings (SSSR count). The molecule has 7 heteroatoms. The van der Waals surface area contributed by atoms with Crippen LogP contribution in [0.15, 0.2) is 24.3 Å². The lowest BCUT2D eigenvalue weighted by atomic mass is 10.1. The third-order valence-electron chi connectivity index (χ3n) is 3.53. The fraction of sp³-hybridized carbons (Fsp3) is 0.278. The number of methoxy groups -OCH3 is 1. The van der Waals surface area contributed by atoms with Gasteiger partial charge in [0.1, 0.15) is 10.8 Å². The molecule has 0 saturated heterocycles. The Morgan fingerprint density at radius 2 is 1.80 bits per heavy atom. The van der Waals surface area contributed by atoms with Gasteiger partial charge < -0.3 is 14.8 Å². The summed E-state index contributed by atoms with van der Waals surface area (Å²) in [4.78, 5) is 36.9. The predicted octanol–water partition coefficient (Wildman–Crippen LogP) is 3.70. The molecule has 1 aromatic carbocycles. The van der Waals surface area contributed by atoms with E-state index in [0.717, 1.165) is 11.3 Å². The number of benzene rings is 1. The van der Waals surface area contributed by atoms with Crippen molar-refractivity contribution in [2.75, 3.05) is 19.0 Å². The molecule has 0 radical (unpaired) electrons. The van der Waals surface area contributed by atoms with Gasteiger partial charge in [-0.2, -0.15) is 0 Å². The second-order valence-corrected chi connectivity index (χ2v) is 6.24. The van der Waals surface area contributed by atoms with Crippen LogP contribution in [0.3, 0.4) is 0 Å². The molecular formula is C18H19NO5S. The van der Waals surface area contributed by atoms with Gasteiger partial charge in [0.05, 0.1) is 24.2 Å². The van der Waals surface area contributed by atoms with Crippen LogP contribution in [-0.2, 0) is 4.74 Å². The maximum atomic E-state index is 12.5. The number of Topliss-reactive ketones (excluding diaryl/α,β-unsaturated/α-hetero) is 1. The maximum absolute atomic E-state index is 12.5. The van der Waals surface area contributed by atoms with E-state index in [1.807, 2.05) is 0 Å². The van der Waals surface area contributed by atoms with Gasteiger partial charge in [0, 0.05) is 5.56 Å². The van der Waals surface area contributed by atoms with Gasteiger partial charge in [0.25, 0.3) is 5.91 Å². The Hall–Kier alpha value is -2.67. The minimum atomic E-state index is -0.561. The summed E-state index contributed by atoms with van der Waals surface area (Å²) in [5.74, 6) is -0.481. The first-order valence-electron chi connectivity index (χ1n) is 7.65. The number of carbonyl (C=O) groups is 3. The van der Waals surface area contributed by atoms with E-state index >= 15 is 0 Å². The number of hydrogen-bond acceptors (Lipinski definition) is 6. The van der Waals surface area contributed by atoms with Crippen LogP contribution in [0, 0.1) is 6.92 Å². The molecule has 0 atom stereocenters. The molecule has 0 saturated carbocycles. The van der Waals surface area contributed by atoms with E-state index in [4.69, 9.17) is 9.47 Å². The molecule has 1 N–H and O–H groups in total. The van der Waals surface area contributed by atoms with Crippen LogP contribution in [0.5, 0.6) is 5.75 Å². The summed E-state index contributed by atoms with van der Waals surface area (Å²) in [6.45, 7) is 4.99. The summed E-state index contributed by atoms with van der Waals surface area (Å²) in [7, 11) is 1.54. The second-order valence-electron chi connectivity index (χ2n) is 5.22. The Bertz CT molecular complexity index is 808. The van der Waals surface area contributed by atoms with Crippen molar-refractivity contribution in [3.63, 3.8) is 0 Å². The predicted molar refractivity (Wildman–Crippen MR) is 96.0 cm³/mol. The fourth-order valence-electron chi connectivity index (χ4n) is 2.30. The summed E-state index contributed by atoms with van der Waals surface area (Å²) >= 11 is 1.07. The molecule has 2 aromatic rings. The SMILES string of the molecule is CCOC(=O)c1c(NC(=O)c2ccc(OC)cc2)sc(C(C)=O)c1C. The zero-order valence-electron chi connectivity index (χ0n) is 14.5. The number of rotatable bonds is 6. The second kappa shape index (κ2) is 7.94. The van der Waals surface area contributed by atoms with Crippen molar-refractivity contribution in [2.45, 2.75) is 20.8 Å². The number of ether oxygens (including phenoxy) is 2. The molecule has 1 heterocycles. The van der Waals surface area contributed by atoms with Crippen molar-refractivity contribution in [1.29, 1.82) is 0 Å². The Kier molecular flexibility index (Phi) is 5.93. The highest BCUT2D eigenvalue weighted by molar-refractivity contribution is 7.18. The third kappa shape index (κ3) is 4.06. The lowest BCUT2D eigenvalue weighted by Gasteiger charge is -2.07. The minimum Gasteiger partial charge on any atom is -0.497 e. The molecule has 0 aliphatic heterocycles. The van der Waals surface area contributed by atoms with Crippen molar-refractivity contribution >= 4 is 34.0 Å². The molecule has 25 heavy (non-hydrogen) atoms. The van der Waals surface area contributed by atoms with Gasteiger partial charge in [-0.3, -0.25) is 9.59 Å². The summed E-state index contributed by atoms with van der Waals surface area (Å²) < 4.78 is 10.1. The molecule has 0 aliphatic carbocycles. The highest BCUT2D eigenvalue weighted by Gasteiger charge is 2.25. The van der Waals surface area contributed by atoms with E-state index in [-0.39, 0.29) is 23.9 Å². The number of hydrogen-bond donors (Lipinski definition) is 1. The third-order valence-corrected chi connectivity index (χ3v) is 4.83. The van der Waals surface area contributed by atoms with Gasteiger partial charge in [0.2, 0.25) is 0 Å². The molecule has 1 amide bonds. The van der Waals surface area contributed by atoms with Crippen molar-refractivity contribution in [3.05, 3.63) is 45.8 Å². The Morgan fingerprint density at radius 1 is 1.16 bits per heavy atom. The van der Waals surface area contributed by atoms with Crippen LogP contribution in [0.1, 0.15) is 49.8 Å². The van der Waals surface area contributed by atoms with Crippen LogP contribution in [0.25, 0.3) is 0 Å². The number of ketones is 1. The van der Waals surface area contributed by atoms with E-state index in [1.54, 1.807) is 45.2 Å². The number of nitrogens with one attached hydrogen (secondary N) is 1. The molecule has 0 unspecified atom stereocenters. The Balaban J connectivity index is 2.36. The molecule has 1 aromatic heterocycles. The van der Waals surface area contributed by atoms with Crippen molar-refractivity contribution < 1.29 is 23.9 Å². The highest BCUT2D eigenvalue weighted by Crippen LogP contribution is 2.34. The van der Waals surface area contributed by atoms with Gasteiger partial charge in [0.15, 0.2) is 5.78 Å². The quantitative estimate of drug-likeness (QED) is 0.627. The first-order chi connectivity index (χ1) is 11.9. The van der Waals surface area contributed by atoms with Gasteiger partial charge >= 0.3 is 5.97 Å². The maximum Gasteiger partial charge on any atom is 0.341 e. The molecule has 0 aliphatic rings. The van der Waals surface area contributed by atoms with Gasteiger partial charge in [-0.15, -0.1) is 11.3 Å². The monoisotopic (exact) mass is 361 g/mol. The van der Waals surface area contributed by atoms with E-state index in [0.29, 0.717) is 26.8 Å². The number of carbonyl (C=O) groups excluding carboxylic acids is 3. The van der Waals surface area contributed by atoms with Crippen molar-refractivity contribution in [1.82, 2.24) is 0 Å². The van der Waals surface area contributed by atoms with Crippen molar-refractivity contribution in [2.24, 2.45) is 0 Å². The zero-order chi connectivity index (χ0) is 18.6. The molecular weight excluding hydrogens is 342 g/mol. The normalized spacial score (nSPS) is 10.2. The Labute approximate surface area is 149 Å². The topological polar surface area (TPSA) is 81.7 Å². The van der Waals surface area contributed by atoms with E-state index in [9.17, 15) is 14.4 Å². The van der Waals surface area contributed by atoms with E-state index in [2.05, 4.69) is 5.32 Å². The van der Waals surface area contributed by atoms with Gasteiger partial charge in [-0.25, -0.2) is 4.79 Å². The molecule has 0 spiro atoms. The number of anilines is 1. The van der Waals surface area contributed by atoms with Gasteiger partial charge in [-0.1, -0.05) is 0 Å². The minimum absolute atomic E-state index is 0.169. The average molecular weight is 361 g/mol. The highest BCUT2D eigenvalue weighted by atomic mass is 32.1. The largest absolute Gasteiger partial charge is 0.497 e. The summed E-state index contributed by atoms with van der Waals surface area (Å²) in [6.07, 6.45) is 0. The number of thiophene rings is 1. The molecule has 0 fully saturated rings. The van der Waals surface area contributed by atoms with Crippen LogP contribution < -0.4 is 10.1 Å². The van der Waals surface area contributed by atoms with E-state index < -0.39 is 5.97 Å². The number of esters is 1. The zero-order valence-corrected chi connectivity index (χ0v) is 15.3. The lowest BCUT2D eigenvalue weighted by molar-refractivity contribution is 0.0527. The molecule has 132 valence electrons. The smallest absolute Gasteiger partial charge is 0.341 e. The first-order valence-corrected chi connectivity index (χ1v) is 8.47. The van der Waals surface area contributed by atoms with Crippen LogP contribution in [0.4, 0.5) is 5.00 Å². The van der Waals surface area contributed by atoms with Crippen LogP contribution in [0.2, 0.25) is 0 Å². The number of amides is 1. The standard InChI is InChI=1S/C18H19NO5S/c1-5-24-18(22)14-10(2)15(11(3)20)25-17(14)19-16(21)12-6-8-13(23-4)9-7-12/h6-9H,5H2,1-4H3,(H,19,21). The van der Waals surface area contributed by atoms with Gasteiger partial charge in [-0.05, 0) is 50.6 Å². The molecule has 6 nitrogen and oxygen atoms in total. The first kappa shape index (κ1) is 18.7. The fourth-order valence-corrected chi connectivity index (χ4v) is 3.39. The van der Waals surface area contributed by atoms with Crippen LogP contribution in [-0.4, -0.2) is 31.4 Å². The average Bonchev–Trinajstić information content (AvgIpc) is 2.91. The Morgan fingerprint density at radius 3 is 2.32 bits per heavy atom. The van der Waals surface area contributed by atoms with Crippen LogP contribution >= 0.6 is 11.3 Å². The summed E-state index contributed by atoms with van der Waals surface area (Å²) in [5, 5.41) is 3.01. The van der Waals surface area contributed by atoms with E-state index in [1.165, 1.54) is 6.92 Å². The summed E-state index contributed by atoms with van der Waals surface area (Å²) in [5.41, 5.74) is 1.14. The van der Waals surface area contributed by atoms with Crippen molar-refractivity contribution in [3.8, 4) is 5.75 Å². The molecule has 0 bridgehead atoms. The lowest BCUT2D eigenvalue weighted by Crippen LogP contribution is -2.14.